The third-order valence-corrected chi connectivity index (χ3v) is 5.99. The highest BCUT2D eigenvalue weighted by atomic mass is 127. The van der Waals surface area contributed by atoms with Crippen LogP contribution in [0, 0.1) is 0 Å². The Morgan fingerprint density at radius 3 is 2.62 bits per heavy atom. The van der Waals surface area contributed by atoms with Crippen molar-refractivity contribution in [3.63, 3.8) is 0 Å². The quantitative estimate of drug-likeness (QED) is 0.321. The van der Waals surface area contributed by atoms with Crippen molar-refractivity contribution >= 4 is 41.3 Å². The highest BCUT2D eigenvalue weighted by Gasteiger charge is 2.22. The molecule has 0 saturated carbocycles. The molecule has 1 fully saturated rings. The van der Waals surface area contributed by atoms with Crippen LogP contribution < -0.4 is 5.32 Å². The SMILES string of the molecule is CCNC(=NCC(c1ccccc1)N1CCOCC1)N(C)CCc1cccs1.I. The van der Waals surface area contributed by atoms with Crippen molar-refractivity contribution in [2.45, 2.75) is 19.4 Å². The summed E-state index contributed by atoms with van der Waals surface area (Å²) in [4.78, 5) is 11.2. The lowest BCUT2D eigenvalue weighted by Crippen LogP contribution is -2.42. The first kappa shape index (κ1) is 24.1. The van der Waals surface area contributed by atoms with Gasteiger partial charge in [-0.3, -0.25) is 9.89 Å². The third kappa shape index (κ3) is 7.55. The number of ether oxygens (including phenoxy) is 1. The molecule has 0 bridgehead atoms. The molecule has 1 aromatic carbocycles. The number of nitrogens with zero attached hydrogens (tertiary/aromatic N) is 3. The fraction of sp³-hybridized carbons (Fsp3) is 0.500. The number of halogens is 1. The second-order valence-corrected chi connectivity index (χ2v) is 8.05. The molecule has 1 saturated heterocycles. The van der Waals surface area contributed by atoms with Gasteiger partial charge < -0.3 is 15.0 Å². The molecule has 29 heavy (non-hydrogen) atoms. The minimum atomic E-state index is 0. The first-order valence-corrected chi connectivity index (χ1v) is 11.0. The monoisotopic (exact) mass is 528 g/mol. The topological polar surface area (TPSA) is 40.1 Å². The summed E-state index contributed by atoms with van der Waals surface area (Å²) in [5, 5.41) is 5.60. The smallest absolute Gasteiger partial charge is 0.193 e. The van der Waals surface area contributed by atoms with Crippen molar-refractivity contribution in [2.24, 2.45) is 4.99 Å². The molecule has 0 spiro atoms. The molecular weight excluding hydrogens is 495 g/mol. The normalized spacial score (nSPS) is 16.1. The lowest BCUT2D eigenvalue weighted by molar-refractivity contribution is 0.0179. The third-order valence-electron chi connectivity index (χ3n) is 5.05. The molecule has 3 rings (SSSR count). The van der Waals surface area contributed by atoms with Crippen molar-refractivity contribution in [3.05, 3.63) is 58.3 Å². The second kappa shape index (κ2) is 13.2. The molecule has 0 amide bonds. The first-order chi connectivity index (χ1) is 13.8. The largest absolute Gasteiger partial charge is 0.379 e. The second-order valence-electron chi connectivity index (χ2n) is 7.02. The number of morpholine rings is 1. The van der Waals surface area contributed by atoms with Crippen molar-refractivity contribution in [1.29, 1.82) is 0 Å². The minimum absolute atomic E-state index is 0. The number of thiophene rings is 1. The molecule has 2 heterocycles. The van der Waals surface area contributed by atoms with Crippen LogP contribution in [-0.2, 0) is 11.2 Å². The van der Waals surface area contributed by atoms with E-state index in [-0.39, 0.29) is 30.0 Å². The molecule has 0 radical (unpaired) electrons. The van der Waals surface area contributed by atoms with Gasteiger partial charge >= 0.3 is 0 Å². The number of likely N-dealkylation sites (N-methyl/N-ethyl adjacent to an activating group) is 1. The van der Waals surface area contributed by atoms with E-state index in [1.54, 1.807) is 0 Å². The van der Waals surface area contributed by atoms with Gasteiger partial charge in [0.05, 0.1) is 25.8 Å². The Bertz CT molecular complexity index is 705. The first-order valence-electron chi connectivity index (χ1n) is 10.2. The molecule has 7 heteroatoms. The van der Waals surface area contributed by atoms with Crippen LogP contribution in [0.3, 0.4) is 0 Å². The van der Waals surface area contributed by atoms with E-state index in [0.29, 0.717) is 0 Å². The minimum Gasteiger partial charge on any atom is -0.379 e. The van der Waals surface area contributed by atoms with E-state index < -0.39 is 0 Å². The average molecular weight is 529 g/mol. The van der Waals surface area contributed by atoms with E-state index in [2.05, 4.69) is 76.9 Å². The van der Waals surface area contributed by atoms with Crippen LogP contribution in [0.2, 0.25) is 0 Å². The molecule has 5 nitrogen and oxygen atoms in total. The maximum atomic E-state index is 5.56. The number of guanidine groups is 1. The Kier molecular flexibility index (Phi) is 11.0. The maximum Gasteiger partial charge on any atom is 0.193 e. The molecule has 1 aliphatic heterocycles. The summed E-state index contributed by atoms with van der Waals surface area (Å²) in [6.45, 7) is 8.21. The maximum absolute atomic E-state index is 5.56. The lowest BCUT2D eigenvalue weighted by atomic mass is 10.0. The summed E-state index contributed by atoms with van der Waals surface area (Å²) in [6, 6.07) is 15.3. The van der Waals surface area contributed by atoms with Crippen LogP contribution in [0.25, 0.3) is 0 Å². The van der Waals surface area contributed by atoms with Crippen molar-refractivity contribution < 1.29 is 4.74 Å². The number of aliphatic imine (C=N–C) groups is 1. The summed E-state index contributed by atoms with van der Waals surface area (Å²) in [7, 11) is 2.13. The number of nitrogens with one attached hydrogen (secondary N) is 1. The van der Waals surface area contributed by atoms with Gasteiger partial charge in [0.15, 0.2) is 5.96 Å². The molecule has 1 N–H and O–H groups in total. The van der Waals surface area contributed by atoms with Gasteiger partial charge in [0.25, 0.3) is 0 Å². The lowest BCUT2D eigenvalue weighted by Gasteiger charge is -2.34. The highest BCUT2D eigenvalue weighted by molar-refractivity contribution is 14.0. The Labute approximate surface area is 196 Å². The predicted molar refractivity (Wildman–Crippen MR) is 134 cm³/mol. The molecule has 1 aliphatic rings. The zero-order valence-corrected chi connectivity index (χ0v) is 20.6. The fourth-order valence-electron chi connectivity index (χ4n) is 3.48. The van der Waals surface area contributed by atoms with Gasteiger partial charge in [0.1, 0.15) is 0 Å². The van der Waals surface area contributed by atoms with E-state index in [9.17, 15) is 0 Å². The van der Waals surface area contributed by atoms with Gasteiger partial charge in [-0.25, -0.2) is 0 Å². The molecule has 1 atom stereocenters. The number of hydrogen-bond acceptors (Lipinski definition) is 4. The molecule has 160 valence electrons. The van der Waals surface area contributed by atoms with E-state index in [1.165, 1.54) is 10.4 Å². The van der Waals surface area contributed by atoms with Gasteiger partial charge in [-0.2, -0.15) is 0 Å². The van der Waals surface area contributed by atoms with Crippen molar-refractivity contribution in [2.75, 3.05) is 53.0 Å². The number of benzene rings is 1. The number of rotatable bonds is 8. The summed E-state index contributed by atoms with van der Waals surface area (Å²) >= 11 is 1.82. The van der Waals surface area contributed by atoms with Crippen LogP contribution in [0.5, 0.6) is 0 Å². The van der Waals surface area contributed by atoms with E-state index in [0.717, 1.165) is 58.3 Å². The Hall–Kier alpha value is -1.16. The van der Waals surface area contributed by atoms with Crippen LogP contribution in [0.1, 0.15) is 23.4 Å². The predicted octanol–water partition coefficient (Wildman–Crippen LogP) is 3.88. The van der Waals surface area contributed by atoms with Crippen LogP contribution in [0.4, 0.5) is 0 Å². The summed E-state index contributed by atoms with van der Waals surface area (Å²) in [6.07, 6.45) is 1.05. The molecule has 1 unspecified atom stereocenters. The van der Waals surface area contributed by atoms with E-state index in [4.69, 9.17) is 9.73 Å². The Balaban J connectivity index is 0.00000300. The van der Waals surface area contributed by atoms with E-state index in [1.807, 2.05) is 11.3 Å². The van der Waals surface area contributed by atoms with Gasteiger partial charge in [-0.15, -0.1) is 35.3 Å². The van der Waals surface area contributed by atoms with Crippen molar-refractivity contribution in [1.82, 2.24) is 15.1 Å². The standard InChI is InChI=1S/C22H32N4OS.HI/c1-3-23-22(25(2)12-11-20-10-7-17-28-20)24-18-21(19-8-5-4-6-9-19)26-13-15-27-16-14-26;/h4-10,17,21H,3,11-16,18H2,1-2H3,(H,23,24);1H. The van der Waals surface area contributed by atoms with Crippen LogP contribution in [0.15, 0.2) is 52.8 Å². The van der Waals surface area contributed by atoms with Gasteiger partial charge in [0, 0.05) is 38.1 Å². The van der Waals surface area contributed by atoms with Crippen LogP contribution >= 0.6 is 35.3 Å². The Morgan fingerprint density at radius 1 is 1.21 bits per heavy atom. The number of hydrogen-bond donors (Lipinski definition) is 1. The summed E-state index contributed by atoms with van der Waals surface area (Å²) in [5.41, 5.74) is 1.32. The van der Waals surface area contributed by atoms with Gasteiger partial charge in [0.2, 0.25) is 0 Å². The van der Waals surface area contributed by atoms with Gasteiger partial charge in [-0.1, -0.05) is 36.4 Å². The highest BCUT2D eigenvalue weighted by Crippen LogP contribution is 2.22. The van der Waals surface area contributed by atoms with E-state index >= 15 is 0 Å². The molecule has 2 aromatic rings. The Morgan fingerprint density at radius 2 is 1.97 bits per heavy atom. The zero-order chi connectivity index (χ0) is 19.6. The van der Waals surface area contributed by atoms with Crippen LogP contribution in [-0.4, -0.2) is 68.7 Å². The molecule has 0 aliphatic carbocycles. The zero-order valence-electron chi connectivity index (χ0n) is 17.4. The summed E-state index contributed by atoms with van der Waals surface area (Å²) < 4.78 is 5.56. The van der Waals surface area contributed by atoms with Gasteiger partial charge in [-0.05, 0) is 30.4 Å². The molecule has 1 aromatic heterocycles. The summed E-state index contributed by atoms with van der Waals surface area (Å²) in [5.74, 6) is 0.980. The van der Waals surface area contributed by atoms with Crippen molar-refractivity contribution in [3.8, 4) is 0 Å². The molecular formula is C22H33IN4OS. The average Bonchev–Trinajstić information content (AvgIpc) is 3.27. The fourth-order valence-corrected chi connectivity index (χ4v) is 4.18.